The van der Waals surface area contributed by atoms with E-state index in [0.717, 1.165) is 25.7 Å². The van der Waals surface area contributed by atoms with Gasteiger partial charge in [-0.3, -0.25) is 9.59 Å². The van der Waals surface area contributed by atoms with E-state index in [9.17, 15) is 19.8 Å². The second-order valence-electron chi connectivity index (χ2n) is 9.12. The van der Waals surface area contributed by atoms with Crippen LogP contribution in [0.2, 0.25) is 0 Å². The minimum atomic E-state index is -0.720. The Labute approximate surface area is 167 Å². The molecule has 156 valence electrons. The van der Waals surface area contributed by atoms with Gasteiger partial charge in [0.05, 0.1) is 18.4 Å². The maximum absolute atomic E-state index is 11.6. The summed E-state index contributed by atoms with van der Waals surface area (Å²) in [6, 6.07) is 0. The van der Waals surface area contributed by atoms with Crippen LogP contribution in [0.3, 0.4) is 0 Å². The molecular formula is C23H34O5. The number of cyclic esters (lactones) is 1. The van der Waals surface area contributed by atoms with Crippen LogP contribution in [-0.2, 0) is 14.3 Å². The Balaban J connectivity index is 1.75. The number of carboxylic acid groups (broad SMARTS) is 1. The lowest BCUT2D eigenvalue weighted by Crippen LogP contribution is -2.40. The number of aliphatic carboxylic acids is 1. The van der Waals surface area contributed by atoms with Gasteiger partial charge in [-0.1, -0.05) is 39.0 Å². The lowest BCUT2D eigenvalue weighted by atomic mass is 9.59. The second kappa shape index (κ2) is 8.81. The number of aliphatic hydroxyl groups excluding tert-OH is 1. The van der Waals surface area contributed by atoms with Gasteiger partial charge in [0.25, 0.3) is 0 Å². The third kappa shape index (κ3) is 4.51. The van der Waals surface area contributed by atoms with E-state index in [1.165, 1.54) is 5.57 Å². The van der Waals surface area contributed by atoms with Gasteiger partial charge in [-0.2, -0.15) is 0 Å². The number of allylic oxidation sites excluding steroid dienone is 4. The lowest BCUT2D eigenvalue weighted by Gasteiger charge is -2.45. The van der Waals surface area contributed by atoms with E-state index < -0.39 is 12.1 Å². The summed E-state index contributed by atoms with van der Waals surface area (Å²) in [5.41, 5.74) is 1.35. The van der Waals surface area contributed by atoms with Crippen molar-refractivity contribution in [2.24, 2.45) is 35.5 Å². The second-order valence-corrected chi connectivity index (χ2v) is 9.12. The summed E-state index contributed by atoms with van der Waals surface area (Å²) in [7, 11) is 0. The van der Waals surface area contributed by atoms with Crippen LogP contribution in [0.1, 0.15) is 59.3 Å². The molecule has 0 aromatic heterocycles. The number of rotatable bonds is 6. The largest absolute Gasteiger partial charge is 0.481 e. The number of aliphatic hydroxyl groups is 1. The Hall–Kier alpha value is -1.62. The van der Waals surface area contributed by atoms with Crippen LogP contribution in [0.25, 0.3) is 0 Å². The van der Waals surface area contributed by atoms with Crippen molar-refractivity contribution in [3.8, 4) is 0 Å². The summed E-state index contributed by atoms with van der Waals surface area (Å²) in [4.78, 5) is 23.2. The molecule has 1 fully saturated rings. The van der Waals surface area contributed by atoms with Gasteiger partial charge in [-0.15, -0.1) is 0 Å². The van der Waals surface area contributed by atoms with Gasteiger partial charge in [-0.25, -0.2) is 0 Å². The Bertz CT molecular complexity index is 651. The Kier molecular flexibility index (Phi) is 6.64. The summed E-state index contributed by atoms with van der Waals surface area (Å²) in [6.07, 6.45) is 10.3. The first-order valence-electron chi connectivity index (χ1n) is 10.8. The van der Waals surface area contributed by atoms with E-state index in [2.05, 4.69) is 32.1 Å². The number of carbonyl (C=O) groups is 2. The first-order valence-corrected chi connectivity index (χ1v) is 10.8. The summed E-state index contributed by atoms with van der Waals surface area (Å²) < 4.78 is 5.45. The molecule has 0 amide bonds. The van der Waals surface area contributed by atoms with Crippen molar-refractivity contribution in [2.45, 2.75) is 71.5 Å². The van der Waals surface area contributed by atoms with Crippen LogP contribution in [0.4, 0.5) is 0 Å². The van der Waals surface area contributed by atoms with Crippen molar-refractivity contribution >= 4 is 11.9 Å². The summed E-state index contributed by atoms with van der Waals surface area (Å²) in [5, 5.41) is 19.4. The SMILES string of the molecule is CC1C=CC2=CCCC(C(C)C(C)C(=O)O)C2C1CCC1CC(O)CC(=O)O1. The summed E-state index contributed by atoms with van der Waals surface area (Å²) in [5.74, 6) is 0.241. The maximum atomic E-state index is 11.6. The van der Waals surface area contributed by atoms with Gasteiger partial charge in [0.15, 0.2) is 0 Å². The number of fused-ring (bicyclic) bond motifs is 1. The first-order chi connectivity index (χ1) is 13.3. The molecule has 0 spiro atoms. The number of ether oxygens (including phenoxy) is 1. The van der Waals surface area contributed by atoms with Gasteiger partial charge < -0.3 is 14.9 Å². The number of carboxylic acids is 1. The molecular weight excluding hydrogens is 356 g/mol. The molecule has 5 heteroatoms. The van der Waals surface area contributed by atoms with Crippen molar-refractivity contribution < 1.29 is 24.5 Å². The normalized spacial score (nSPS) is 37.4. The fraction of sp³-hybridized carbons (Fsp3) is 0.739. The van der Waals surface area contributed by atoms with Gasteiger partial charge in [0, 0.05) is 6.42 Å². The first kappa shape index (κ1) is 21.1. The van der Waals surface area contributed by atoms with Crippen LogP contribution < -0.4 is 0 Å². The lowest BCUT2D eigenvalue weighted by molar-refractivity contribution is -0.160. The molecule has 0 saturated carbocycles. The highest BCUT2D eigenvalue weighted by Gasteiger charge is 2.42. The molecule has 0 aromatic carbocycles. The van der Waals surface area contributed by atoms with Gasteiger partial charge in [0.1, 0.15) is 6.10 Å². The van der Waals surface area contributed by atoms with E-state index in [0.29, 0.717) is 30.1 Å². The van der Waals surface area contributed by atoms with Crippen LogP contribution in [0, 0.1) is 35.5 Å². The van der Waals surface area contributed by atoms with E-state index in [-0.39, 0.29) is 30.3 Å². The molecule has 0 bridgehead atoms. The molecule has 1 aliphatic heterocycles. The fourth-order valence-corrected chi connectivity index (χ4v) is 5.53. The van der Waals surface area contributed by atoms with E-state index in [4.69, 9.17) is 4.74 Å². The van der Waals surface area contributed by atoms with Crippen molar-refractivity contribution in [3.63, 3.8) is 0 Å². The average Bonchev–Trinajstić information content (AvgIpc) is 2.64. The molecule has 1 heterocycles. The highest BCUT2D eigenvalue weighted by molar-refractivity contribution is 5.71. The molecule has 0 radical (unpaired) electrons. The molecule has 3 rings (SSSR count). The molecule has 8 unspecified atom stereocenters. The highest BCUT2D eigenvalue weighted by atomic mass is 16.5. The molecule has 5 nitrogen and oxygen atoms in total. The molecule has 0 aromatic rings. The van der Waals surface area contributed by atoms with Gasteiger partial charge in [-0.05, 0) is 60.8 Å². The molecule has 2 N–H and O–H groups in total. The number of hydrogen-bond donors (Lipinski definition) is 2. The highest BCUT2D eigenvalue weighted by Crippen LogP contribution is 2.49. The zero-order valence-electron chi connectivity index (χ0n) is 17.2. The monoisotopic (exact) mass is 390 g/mol. The topological polar surface area (TPSA) is 83.8 Å². The smallest absolute Gasteiger partial charge is 0.308 e. The van der Waals surface area contributed by atoms with Crippen molar-refractivity contribution in [1.82, 2.24) is 0 Å². The van der Waals surface area contributed by atoms with E-state index >= 15 is 0 Å². The standard InChI is InChI=1S/C23H34O5/c1-13-7-8-16-5-4-6-20(14(2)15(3)23(26)27)22(16)19(13)10-9-18-11-17(24)12-21(25)28-18/h5,7-8,13-15,17-20,22,24H,4,6,9-12H2,1-3H3,(H,26,27). The molecule has 8 atom stereocenters. The summed E-state index contributed by atoms with van der Waals surface area (Å²) >= 11 is 0. The molecule has 2 aliphatic carbocycles. The van der Waals surface area contributed by atoms with Crippen molar-refractivity contribution in [1.29, 1.82) is 0 Å². The van der Waals surface area contributed by atoms with Crippen LogP contribution in [0.5, 0.6) is 0 Å². The zero-order valence-corrected chi connectivity index (χ0v) is 17.2. The number of esters is 1. The maximum Gasteiger partial charge on any atom is 0.308 e. The molecule has 1 saturated heterocycles. The quantitative estimate of drug-likeness (QED) is 0.671. The third-order valence-electron chi connectivity index (χ3n) is 7.37. The Morgan fingerprint density at radius 3 is 2.75 bits per heavy atom. The summed E-state index contributed by atoms with van der Waals surface area (Å²) in [6.45, 7) is 6.15. The number of carbonyl (C=O) groups excluding carboxylic acids is 1. The van der Waals surface area contributed by atoms with Crippen molar-refractivity contribution in [3.05, 3.63) is 23.8 Å². The van der Waals surface area contributed by atoms with Gasteiger partial charge >= 0.3 is 11.9 Å². The number of hydrogen-bond acceptors (Lipinski definition) is 4. The third-order valence-corrected chi connectivity index (χ3v) is 7.37. The predicted octanol–water partition coefficient (Wildman–Crippen LogP) is 3.96. The predicted molar refractivity (Wildman–Crippen MR) is 106 cm³/mol. The van der Waals surface area contributed by atoms with Crippen molar-refractivity contribution in [2.75, 3.05) is 0 Å². The van der Waals surface area contributed by atoms with E-state index in [1.807, 2.05) is 6.92 Å². The minimum absolute atomic E-state index is 0.0985. The minimum Gasteiger partial charge on any atom is -0.481 e. The average molecular weight is 391 g/mol. The van der Waals surface area contributed by atoms with Crippen LogP contribution in [-0.4, -0.2) is 34.4 Å². The van der Waals surface area contributed by atoms with Crippen LogP contribution in [0.15, 0.2) is 23.8 Å². The molecule has 28 heavy (non-hydrogen) atoms. The van der Waals surface area contributed by atoms with Gasteiger partial charge in [0.2, 0.25) is 0 Å². The van der Waals surface area contributed by atoms with Crippen LogP contribution >= 0.6 is 0 Å². The Morgan fingerprint density at radius 1 is 1.32 bits per heavy atom. The fourth-order valence-electron chi connectivity index (χ4n) is 5.53. The molecule has 3 aliphatic rings. The Morgan fingerprint density at radius 2 is 2.07 bits per heavy atom. The van der Waals surface area contributed by atoms with E-state index in [1.54, 1.807) is 0 Å². The zero-order chi connectivity index (χ0) is 20.4.